The maximum Gasteiger partial charge on any atom is 0.204 e. The average molecular weight is 453 g/mol. The van der Waals surface area contributed by atoms with Crippen LogP contribution in [0.4, 0.5) is 0 Å². The summed E-state index contributed by atoms with van der Waals surface area (Å²) >= 11 is 0. The maximum absolute atomic E-state index is 13.7. The highest BCUT2D eigenvalue weighted by atomic mass is 16.5. The zero-order chi connectivity index (χ0) is 24.3. The van der Waals surface area contributed by atoms with Gasteiger partial charge in [-0.05, 0) is 47.0 Å². The van der Waals surface area contributed by atoms with Gasteiger partial charge in [-0.3, -0.25) is 4.79 Å². The third-order valence-corrected chi connectivity index (χ3v) is 5.42. The number of aromatic hydroxyl groups is 2. The number of phenolic OH excluding ortho intramolecular Hbond substituents is 2. The first-order valence-corrected chi connectivity index (χ1v) is 11.1. The summed E-state index contributed by atoms with van der Waals surface area (Å²) in [5.74, 6) is 0.437. The lowest BCUT2D eigenvalue weighted by molar-refractivity contribution is 0.312. The van der Waals surface area contributed by atoms with E-state index in [4.69, 9.17) is 13.9 Å². The van der Waals surface area contributed by atoms with Gasteiger partial charge in [0.05, 0.1) is 19.1 Å². The van der Waals surface area contributed by atoms with Gasteiger partial charge in [-0.25, -0.2) is 0 Å². The predicted octanol–water partition coefficient (Wildman–Crippen LogP) is 6.17. The molecular weight excluding hydrogens is 420 g/mol. The minimum absolute atomic E-state index is 0.0923. The molecule has 6 nitrogen and oxygen atoms in total. The van der Waals surface area contributed by atoms with Gasteiger partial charge in [-0.1, -0.05) is 30.2 Å². The van der Waals surface area contributed by atoms with E-state index in [0.717, 1.165) is 17.6 Å². The first-order chi connectivity index (χ1) is 15.7. The van der Waals surface area contributed by atoms with E-state index in [0.29, 0.717) is 36.3 Å². The number of hydrogen-bond donors (Lipinski definition) is 2. The number of fused-ring (bicyclic) bond motifs is 2. The lowest BCUT2D eigenvalue weighted by Crippen LogP contribution is -2.09. The Balaban J connectivity index is 2.43. The van der Waals surface area contributed by atoms with Crippen LogP contribution in [0, 0.1) is 0 Å². The molecule has 33 heavy (non-hydrogen) atoms. The zero-order valence-electron chi connectivity index (χ0n) is 20.2. The number of hydrogen-bond acceptors (Lipinski definition) is 6. The van der Waals surface area contributed by atoms with E-state index in [9.17, 15) is 15.0 Å². The first kappa shape index (κ1) is 24.2. The van der Waals surface area contributed by atoms with Crippen LogP contribution in [-0.2, 0) is 12.8 Å². The fourth-order valence-corrected chi connectivity index (χ4v) is 3.79. The van der Waals surface area contributed by atoms with E-state index >= 15 is 0 Å². The monoisotopic (exact) mass is 452 g/mol. The van der Waals surface area contributed by atoms with Crippen molar-refractivity contribution in [2.24, 2.45) is 0 Å². The van der Waals surface area contributed by atoms with Crippen molar-refractivity contribution in [1.29, 1.82) is 0 Å². The Hall–Kier alpha value is -3.41. The molecule has 2 aromatic carbocycles. The van der Waals surface area contributed by atoms with E-state index in [1.807, 2.05) is 46.8 Å². The second-order valence-electron chi connectivity index (χ2n) is 8.61. The van der Waals surface area contributed by atoms with E-state index in [2.05, 4.69) is 0 Å². The van der Waals surface area contributed by atoms with Crippen molar-refractivity contribution in [3.8, 4) is 23.0 Å². The molecule has 2 N–H and O–H groups in total. The number of rotatable bonds is 8. The summed E-state index contributed by atoms with van der Waals surface area (Å²) in [5.41, 5.74) is 3.26. The molecule has 0 saturated heterocycles. The molecule has 1 aromatic heterocycles. The van der Waals surface area contributed by atoms with Gasteiger partial charge in [0.25, 0.3) is 0 Å². The molecule has 0 aliphatic heterocycles. The van der Waals surface area contributed by atoms with Crippen molar-refractivity contribution in [3.05, 3.63) is 56.8 Å². The fraction of sp³-hybridized carbons (Fsp3) is 0.370. The van der Waals surface area contributed by atoms with Crippen LogP contribution in [0.25, 0.3) is 21.9 Å². The van der Waals surface area contributed by atoms with Crippen LogP contribution >= 0.6 is 0 Å². The van der Waals surface area contributed by atoms with Crippen LogP contribution in [0.5, 0.6) is 23.0 Å². The molecule has 0 aliphatic rings. The fourth-order valence-electron chi connectivity index (χ4n) is 3.79. The SMILES string of the molecule is CCCOc1cc2oc3cc(O)c(OC)c(CC=C(C)C)c3c(=O)c2c(O)c1CC=C(C)C. The van der Waals surface area contributed by atoms with E-state index < -0.39 is 0 Å². The van der Waals surface area contributed by atoms with Gasteiger partial charge >= 0.3 is 0 Å². The summed E-state index contributed by atoms with van der Waals surface area (Å²) in [7, 11) is 1.45. The molecule has 0 radical (unpaired) electrons. The quantitative estimate of drug-likeness (QED) is 0.314. The summed E-state index contributed by atoms with van der Waals surface area (Å²) in [5, 5.41) is 22.1. The molecule has 0 atom stereocenters. The molecule has 3 rings (SSSR count). The van der Waals surface area contributed by atoms with Gasteiger partial charge < -0.3 is 24.1 Å². The zero-order valence-corrected chi connectivity index (χ0v) is 20.2. The second kappa shape index (κ2) is 10.0. The Labute approximate surface area is 193 Å². The first-order valence-electron chi connectivity index (χ1n) is 11.1. The molecule has 0 aliphatic carbocycles. The lowest BCUT2D eigenvalue weighted by atomic mass is 9.98. The second-order valence-corrected chi connectivity index (χ2v) is 8.61. The number of ether oxygens (including phenoxy) is 2. The molecule has 176 valence electrons. The molecule has 0 fully saturated rings. The standard InChI is InChI=1S/C27H32O6/c1-7-12-32-20-14-22-24(25(29)17(20)10-8-15(2)3)26(30)23-18(11-9-16(4)5)27(31-6)19(28)13-21(23)33-22/h8-9,13-14,28-29H,7,10-12H2,1-6H3. The maximum atomic E-state index is 13.7. The van der Waals surface area contributed by atoms with Gasteiger partial charge in [-0.15, -0.1) is 0 Å². The Morgan fingerprint density at radius 1 is 0.970 bits per heavy atom. The van der Waals surface area contributed by atoms with Crippen molar-refractivity contribution in [2.45, 2.75) is 53.9 Å². The molecular formula is C27H32O6. The van der Waals surface area contributed by atoms with E-state index in [1.165, 1.54) is 13.2 Å². The van der Waals surface area contributed by atoms with E-state index in [-0.39, 0.29) is 44.6 Å². The summed E-state index contributed by atoms with van der Waals surface area (Å²) in [6.07, 6.45) is 5.51. The largest absolute Gasteiger partial charge is 0.507 e. The molecule has 0 amide bonds. The average Bonchev–Trinajstić information content (AvgIpc) is 2.74. The third kappa shape index (κ3) is 4.85. The highest BCUT2D eigenvalue weighted by molar-refractivity contribution is 5.97. The highest BCUT2D eigenvalue weighted by Gasteiger charge is 2.23. The molecule has 0 unspecified atom stereocenters. The number of phenols is 2. The number of allylic oxidation sites excluding steroid dienone is 4. The van der Waals surface area contributed by atoms with Gasteiger partial charge in [0.1, 0.15) is 28.1 Å². The van der Waals surface area contributed by atoms with Crippen LogP contribution in [0.2, 0.25) is 0 Å². The Kier molecular flexibility index (Phi) is 7.36. The van der Waals surface area contributed by atoms with Gasteiger partial charge in [-0.2, -0.15) is 0 Å². The van der Waals surface area contributed by atoms with Crippen molar-refractivity contribution >= 4 is 21.9 Å². The molecule has 0 saturated carbocycles. The number of methoxy groups -OCH3 is 1. The van der Waals surface area contributed by atoms with Crippen molar-refractivity contribution < 1.29 is 24.1 Å². The van der Waals surface area contributed by atoms with Gasteiger partial charge in [0, 0.05) is 23.3 Å². The van der Waals surface area contributed by atoms with Gasteiger partial charge in [0.15, 0.2) is 11.5 Å². The van der Waals surface area contributed by atoms with Gasteiger partial charge in [0.2, 0.25) is 5.43 Å². The van der Waals surface area contributed by atoms with Crippen molar-refractivity contribution in [2.75, 3.05) is 13.7 Å². The molecule has 6 heteroatoms. The van der Waals surface area contributed by atoms with Crippen LogP contribution in [0.1, 0.15) is 52.2 Å². The van der Waals surface area contributed by atoms with E-state index in [1.54, 1.807) is 6.07 Å². The topological polar surface area (TPSA) is 89.1 Å². The molecule has 3 aromatic rings. The Morgan fingerprint density at radius 3 is 2.15 bits per heavy atom. The predicted molar refractivity (Wildman–Crippen MR) is 132 cm³/mol. The minimum Gasteiger partial charge on any atom is -0.507 e. The number of benzene rings is 2. The van der Waals surface area contributed by atoms with Crippen molar-refractivity contribution in [1.82, 2.24) is 0 Å². The molecule has 1 heterocycles. The van der Waals surface area contributed by atoms with Crippen LogP contribution in [0.3, 0.4) is 0 Å². The molecule has 0 bridgehead atoms. The summed E-state index contributed by atoms with van der Waals surface area (Å²) in [6, 6.07) is 3.03. The third-order valence-electron chi connectivity index (χ3n) is 5.42. The summed E-state index contributed by atoms with van der Waals surface area (Å²) < 4.78 is 17.3. The summed E-state index contributed by atoms with van der Waals surface area (Å²) in [6.45, 7) is 10.3. The van der Waals surface area contributed by atoms with Crippen LogP contribution in [0.15, 0.2) is 44.6 Å². The van der Waals surface area contributed by atoms with Crippen LogP contribution in [-0.4, -0.2) is 23.9 Å². The molecule has 0 spiro atoms. The van der Waals surface area contributed by atoms with Crippen LogP contribution < -0.4 is 14.9 Å². The van der Waals surface area contributed by atoms with Crippen molar-refractivity contribution in [3.63, 3.8) is 0 Å². The Bertz CT molecular complexity index is 1300. The Morgan fingerprint density at radius 2 is 1.58 bits per heavy atom. The highest BCUT2D eigenvalue weighted by Crippen LogP contribution is 2.41. The minimum atomic E-state index is -0.375. The summed E-state index contributed by atoms with van der Waals surface area (Å²) in [4.78, 5) is 13.7. The smallest absolute Gasteiger partial charge is 0.204 e. The lowest BCUT2D eigenvalue weighted by Gasteiger charge is -2.16. The normalized spacial score (nSPS) is 11.0.